The molecule has 2 aromatic rings. The summed E-state index contributed by atoms with van der Waals surface area (Å²) in [7, 11) is 1.82. The van der Waals surface area contributed by atoms with Gasteiger partial charge < -0.3 is 5.32 Å². The van der Waals surface area contributed by atoms with Crippen molar-refractivity contribution in [1.82, 2.24) is 9.78 Å². The molecular weight excluding hydrogens is 270 g/mol. The lowest BCUT2D eigenvalue weighted by atomic mass is 10.2. The van der Waals surface area contributed by atoms with E-state index in [1.54, 1.807) is 16.4 Å². The molecule has 1 aromatic carbocycles. The smallest absolute Gasteiger partial charge is 0.235 e. The van der Waals surface area contributed by atoms with E-state index in [1.165, 1.54) is 11.1 Å². The SMILES string of the molecule is Cc1ccc(CSCC(=O)Nc2cc(C)nn2C)cc1. The van der Waals surface area contributed by atoms with Gasteiger partial charge in [-0.1, -0.05) is 29.8 Å². The number of benzene rings is 1. The van der Waals surface area contributed by atoms with Crippen molar-refractivity contribution in [2.45, 2.75) is 19.6 Å². The lowest BCUT2D eigenvalue weighted by Gasteiger charge is -2.05. The number of nitrogens with one attached hydrogen (secondary N) is 1. The topological polar surface area (TPSA) is 46.9 Å². The first-order valence-electron chi connectivity index (χ1n) is 6.48. The second-order valence-corrected chi connectivity index (χ2v) is 5.81. The monoisotopic (exact) mass is 289 g/mol. The van der Waals surface area contributed by atoms with Gasteiger partial charge in [-0.05, 0) is 19.4 Å². The first-order valence-corrected chi connectivity index (χ1v) is 7.64. The van der Waals surface area contributed by atoms with Gasteiger partial charge >= 0.3 is 0 Å². The fraction of sp³-hybridized carbons (Fsp3) is 0.333. The highest BCUT2D eigenvalue weighted by Gasteiger charge is 2.07. The van der Waals surface area contributed by atoms with Crippen LogP contribution in [0.15, 0.2) is 30.3 Å². The molecule has 0 bridgehead atoms. The largest absolute Gasteiger partial charge is 0.310 e. The van der Waals surface area contributed by atoms with Gasteiger partial charge in [-0.15, -0.1) is 11.8 Å². The van der Waals surface area contributed by atoms with E-state index in [0.717, 1.165) is 17.3 Å². The molecule has 0 saturated carbocycles. The quantitative estimate of drug-likeness (QED) is 0.920. The lowest BCUT2D eigenvalue weighted by Crippen LogP contribution is -2.16. The Hall–Kier alpha value is -1.75. The average molecular weight is 289 g/mol. The van der Waals surface area contributed by atoms with Crippen molar-refractivity contribution in [2.75, 3.05) is 11.1 Å². The highest BCUT2D eigenvalue weighted by Crippen LogP contribution is 2.14. The van der Waals surface area contributed by atoms with E-state index in [1.807, 2.05) is 20.0 Å². The number of hydrogen-bond acceptors (Lipinski definition) is 3. The predicted molar refractivity (Wildman–Crippen MR) is 83.9 cm³/mol. The van der Waals surface area contributed by atoms with Crippen molar-refractivity contribution in [3.05, 3.63) is 47.2 Å². The van der Waals surface area contributed by atoms with Gasteiger partial charge in [-0.3, -0.25) is 9.48 Å². The summed E-state index contributed by atoms with van der Waals surface area (Å²) in [5.41, 5.74) is 3.39. The highest BCUT2D eigenvalue weighted by molar-refractivity contribution is 7.99. The molecule has 0 fully saturated rings. The van der Waals surface area contributed by atoms with Crippen molar-refractivity contribution in [3.8, 4) is 0 Å². The lowest BCUT2D eigenvalue weighted by molar-refractivity contribution is -0.113. The van der Waals surface area contributed by atoms with Gasteiger partial charge in [-0.2, -0.15) is 5.10 Å². The molecule has 0 radical (unpaired) electrons. The number of aromatic nitrogens is 2. The summed E-state index contributed by atoms with van der Waals surface area (Å²) in [6, 6.07) is 10.3. The molecule has 0 atom stereocenters. The first kappa shape index (κ1) is 14.7. The molecule has 0 aliphatic heterocycles. The minimum absolute atomic E-state index is 0.00473. The van der Waals surface area contributed by atoms with Crippen LogP contribution in [-0.4, -0.2) is 21.4 Å². The molecule has 5 heteroatoms. The van der Waals surface area contributed by atoms with Gasteiger partial charge in [0.15, 0.2) is 0 Å². The Kier molecular flexibility index (Phi) is 4.84. The molecule has 0 aliphatic carbocycles. The van der Waals surface area contributed by atoms with Crippen LogP contribution in [0.3, 0.4) is 0 Å². The van der Waals surface area contributed by atoms with Crippen molar-refractivity contribution < 1.29 is 4.79 Å². The fourth-order valence-corrected chi connectivity index (χ4v) is 2.64. The summed E-state index contributed by atoms with van der Waals surface area (Å²) in [6.07, 6.45) is 0. The zero-order valence-electron chi connectivity index (χ0n) is 12.0. The molecule has 4 nitrogen and oxygen atoms in total. The van der Waals surface area contributed by atoms with Crippen molar-refractivity contribution in [1.29, 1.82) is 0 Å². The van der Waals surface area contributed by atoms with Crippen LogP contribution in [0.5, 0.6) is 0 Å². The predicted octanol–water partition coefficient (Wildman–Crippen LogP) is 2.91. The molecule has 1 heterocycles. The standard InChI is InChI=1S/C15H19N3OS/c1-11-4-6-13(7-5-11)9-20-10-15(19)16-14-8-12(2)17-18(14)3/h4-8H,9-10H2,1-3H3,(H,16,19). The Morgan fingerprint density at radius 2 is 2.00 bits per heavy atom. The molecule has 1 aromatic heterocycles. The second-order valence-electron chi connectivity index (χ2n) is 4.82. The van der Waals surface area contributed by atoms with E-state index < -0.39 is 0 Å². The van der Waals surface area contributed by atoms with Gasteiger partial charge in [0.1, 0.15) is 5.82 Å². The molecule has 0 aliphatic rings. The number of aryl methyl sites for hydroxylation is 3. The molecule has 0 saturated heterocycles. The van der Waals surface area contributed by atoms with Gasteiger partial charge in [0.25, 0.3) is 0 Å². The summed E-state index contributed by atoms with van der Waals surface area (Å²) in [5.74, 6) is 2.03. The number of carbonyl (C=O) groups is 1. The Morgan fingerprint density at radius 1 is 1.30 bits per heavy atom. The minimum atomic E-state index is 0.00473. The molecule has 1 N–H and O–H groups in total. The third kappa shape index (κ3) is 4.13. The number of nitrogens with zero attached hydrogens (tertiary/aromatic N) is 2. The van der Waals surface area contributed by atoms with Crippen LogP contribution >= 0.6 is 11.8 Å². The van der Waals surface area contributed by atoms with E-state index in [9.17, 15) is 4.79 Å². The van der Waals surface area contributed by atoms with E-state index in [2.05, 4.69) is 41.6 Å². The minimum Gasteiger partial charge on any atom is -0.310 e. The summed E-state index contributed by atoms with van der Waals surface area (Å²) in [4.78, 5) is 11.8. The highest BCUT2D eigenvalue weighted by atomic mass is 32.2. The Labute approximate surface area is 123 Å². The van der Waals surface area contributed by atoms with Crippen LogP contribution in [-0.2, 0) is 17.6 Å². The maximum absolute atomic E-state index is 11.8. The van der Waals surface area contributed by atoms with E-state index in [4.69, 9.17) is 0 Å². The number of rotatable bonds is 5. The number of thioether (sulfide) groups is 1. The van der Waals surface area contributed by atoms with Crippen molar-refractivity contribution in [2.24, 2.45) is 7.05 Å². The van der Waals surface area contributed by atoms with E-state index >= 15 is 0 Å². The first-order chi connectivity index (χ1) is 9.54. The number of anilines is 1. The summed E-state index contributed by atoms with van der Waals surface area (Å²) < 4.78 is 1.68. The third-order valence-corrected chi connectivity index (χ3v) is 3.90. The summed E-state index contributed by atoms with van der Waals surface area (Å²) in [6.45, 7) is 3.97. The van der Waals surface area contributed by atoms with Crippen molar-refractivity contribution >= 4 is 23.5 Å². The van der Waals surface area contributed by atoms with Gasteiger partial charge in [-0.25, -0.2) is 0 Å². The average Bonchev–Trinajstić information content (AvgIpc) is 2.70. The van der Waals surface area contributed by atoms with E-state index in [0.29, 0.717) is 5.75 Å². The van der Waals surface area contributed by atoms with Crippen molar-refractivity contribution in [3.63, 3.8) is 0 Å². The van der Waals surface area contributed by atoms with Crippen LogP contribution in [0.1, 0.15) is 16.8 Å². The maximum atomic E-state index is 11.8. The second kappa shape index (κ2) is 6.61. The van der Waals surface area contributed by atoms with Gasteiger partial charge in [0.2, 0.25) is 5.91 Å². The molecular formula is C15H19N3OS. The normalized spacial score (nSPS) is 10.6. The third-order valence-electron chi connectivity index (χ3n) is 2.89. The zero-order chi connectivity index (χ0) is 14.5. The zero-order valence-corrected chi connectivity index (χ0v) is 12.8. The Bertz CT molecular complexity index is 590. The van der Waals surface area contributed by atoms with Crippen LogP contribution in [0.25, 0.3) is 0 Å². The maximum Gasteiger partial charge on any atom is 0.235 e. The summed E-state index contributed by atoms with van der Waals surface area (Å²) in [5, 5.41) is 7.06. The van der Waals surface area contributed by atoms with Gasteiger partial charge in [0, 0.05) is 18.9 Å². The Morgan fingerprint density at radius 3 is 2.60 bits per heavy atom. The van der Waals surface area contributed by atoms with Crippen LogP contribution in [0.4, 0.5) is 5.82 Å². The van der Waals surface area contributed by atoms with Crippen LogP contribution < -0.4 is 5.32 Å². The molecule has 20 heavy (non-hydrogen) atoms. The number of carbonyl (C=O) groups excluding carboxylic acids is 1. The molecule has 1 amide bonds. The van der Waals surface area contributed by atoms with Crippen LogP contribution in [0.2, 0.25) is 0 Å². The fourth-order valence-electron chi connectivity index (χ4n) is 1.85. The van der Waals surface area contributed by atoms with Crippen LogP contribution in [0, 0.1) is 13.8 Å². The Balaban J connectivity index is 1.78. The number of amides is 1. The number of hydrogen-bond donors (Lipinski definition) is 1. The van der Waals surface area contributed by atoms with E-state index in [-0.39, 0.29) is 5.91 Å². The van der Waals surface area contributed by atoms with Gasteiger partial charge in [0.05, 0.1) is 11.4 Å². The molecule has 0 spiro atoms. The molecule has 0 unspecified atom stereocenters. The molecule has 106 valence electrons. The summed E-state index contributed by atoms with van der Waals surface area (Å²) >= 11 is 1.61. The molecule has 2 rings (SSSR count).